The first-order chi connectivity index (χ1) is 9.11. The van der Waals surface area contributed by atoms with E-state index in [1.807, 2.05) is 24.3 Å². The van der Waals surface area contributed by atoms with Crippen LogP contribution in [-0.4, -0.2) is 27.5 Å². The highest BCUT2D eigenvalue weighted by Gasteiger charge is 2.10. The number of aliphatic hydroxyl groups is 1. The highest BCUT2D eigenvalue weighted by molar-refractivity contribution is 5.88. The molecule has 0 saturated carbocycles. The smallest absolute Gasteiger partial charge is 0.341 e. The van der Waals surface area contributed by atoms with E-state index in [9.17, 15) is 9.90 Å². The fraction of sp³-hybridized carbons (Fsp3) is 0.286. The highest BCUT2D eigenvalue weighted by Crippen LogP contribution is 2.15. The molecule has 0 saturated heterocycles. The van der Waals surface area contributed by atoms with Gasteiger partial charge < -0.3 is 9.84 Å². The van der Waals surface area contributed by atoms with Gasteiger partial charge in [0, 0.05) is 6.20 Å². The second kappa shape index (κ2) is 5.67. The molecule has 1 heterocycles. The minimum atomic E-state index is -0.498. The number of aromatic nitrogens is 2. The number of esters is 1. The van der Waals surface area contributed by atoms with Crippen molar-refractivity contribution in [2.24, 2.45) is 0 Å². The van der Waals surface area contributed by atoms with Crippen LogP contribution in [0.5, 0.6) is 0 Å². The van der Waals surface area contributed by atoms with Crippen LogP contribution in [0.25, 0.3) is 5.69 Å². The molecule has 0 radical (unpaired) electrons. The van der Waals surface area contributed by atoms with Gasteiger partial charge in [-0.1, -0.05) is 12.1 Å². The molecular weight excluding hydrogens is 244 g/mol. The maximum Gasteiger partial charge on any atom is 0.341 e. The third-order valence-electron chi connectivity index (χ3n) is 2.73. The number of carbonyl (C=O) groups is 1. The van der Waals surface area contributed by atoms with Gasteiger partial charge in [0.15, 0.2) is 0 Å². The van der Waals surface area contributed by atoms with Gasteiger partial charge >= 0.3 is 5.97 Å². The number of benzene rings is 1. The Morgan fingerprint density at radius 3 is 2.68 bits per heavy atom. The van der Waals surface area contributed by atoms with Gasteiger partial charge in [-0.15, -0.1) is 0 Å². The predicted octanol–water partition coefficient (Wildman–Crippen LogP) is 2.10. The molecule has 100 valence electrons. The van der Waals surface area contributed by atoms with E-state index in [1.165, 1.54) is 6.20 Å². The average Bonchev–Trinajstić information content (AvgIpc) is 2.89. The number of hydrogen-bond donors (Lipinski definition) is 1. The lowest BCUT2D eigenvalue weighted by Gasteiger charge is -2.06. The van der Waals surface area contributed by atoms with Crippen LogP contribution in [0.3, 0.4) is 0 Å². The Hall–Kier alpha value is -2.14. The van der Waals surface area contributed by atoms with Gasteiger partial charge in [0.05, 0.1) is 30.2 Å². The molecule has 19 heavy (non-hydrogen) atoms. The summed E-state index contributed by atoms with van der Waals surface area (Å²) in [7, 11) is 0. The first kappa shape index (κ1) is 13.3. The van der Waals surface area contributed by atoms with Crippen molar-refractivity contribution >= 4 is 5.97 Å². The van der Waals surface area contributed by atoms with Gasteiger partial charge in [-0.05, 0) is 31.5 Å². The maximum atomic E-state index is 11.5. The van der Waals surface area contributed by atoms with Gasteiger partial charge in [0.25, 0.3) is 0 Å². The van der Waals surface area contributed by atoms with Gasteiger partial charge in [-0.2, -0.15) is 5.10 Å². The van der Waals surface area contributed by atoms with Crippen LogP contribution in [0, 0.1) is 0 Å². The third-order valence-corrected chi connectivity index (χ3v) is 2.73. The predicted molar refractivity (Wildman–Crippen MR) is 70.2 cm³/mol. The Balaban J connectivity index is 2.20. The summed E-state index contributed by atoms with van der Waals surface area (Å²) in [6, 6.07) is 7.32. The average molecular weight is 260 g/mol. The molecule has 1 aromatic carbocycles. The van der Waals surface area contributed by atoms with Crippen LogP contribution >= 0.6 is 0 Å². The SMILES string of the molecule is CCOC(=O)c1cnn(-c2ccc([C@H](C)O)cc2)c1. The number of ether oxygens (including phenoxy) is 1. The van der Waals surface area contributed by atoms with E-state index in [4.69, 9.17) is 4.74 Å². The molecule has 0 aliphatic carbocycles. The fourth-order valence-electron chi connectivity index (χ4n) is 1.69. The topological polar surface area (TPSA) is 64.3 Å². The highest BCUT2D eigenvalue weighted by atomic mass is 16.5. The second-order valence-corrected chi connectivity index (χ2v) is 4.16. The van der Waals surface area contributed by atoms with Gasteiger partial charge in [0.1, 0.15) is 0 Å². The first-order valence-corrected chi connectivity index (χ1v) is 6.12. The Morgan fingerprint density at radius 1 is 1.42 bits per heavy atom. The van der Waals surface area contributed by atoms with E-state index in [0.29, 0.717) is 12.2 Å². The molecule has 0 amide bonds. The van der Waals surface area contributed by atoms with Crippen molar-refractivity contribution in [2.45, 2.75) is 20.0 Å². The molecule has 0 bridgehead atoms. The Labute approximate surface area is 111 Å². The fourth-order valence-corrected chi connectivity index (χ4v) is 1.69. The van der Waals surface area contributed by atoms with Crippen molar-refractivity contribution in [1.29, 1.82) is 0 Å². The van der Waals surface area contributed by atoms with Crippen LogP contribution in [0.2, 0.25) is 0 Å². The summed E-state index contributed by atoms with van der Waals surface area (Å²) in [5.74, 6) is -0.380. The van der Waals surface area contributed by atoms with E-state index in [-0.39, 0.29) is 5.97 Å². The summed E-state index contributed by atoms with van der Waals surface area (Å²) in [6.45, 7) is 3.81. The zero-order valence-corrected chi connectivity index (χ0v) is 10.9. The summed E-state index contributed by atoms with van der Waals surface area (Å²) < 4.78 is 6.50. The quantitative estimate of drug-likeness (QED) is 0.855. The zero-order chi connectivity index (χ0) is 13.8. The number of carbonyl (C=O) groups excluding carboxylic acids is 1. The van der Waals surface area contributed by atoms with Crippen LogP contribution in [0.1, 0.15) is 35.9 Å². The lowest BCUT2D eigenvalue weighted by Crippen LogP contribution is -2.03. The molecule has 1 aromatic heterocycles. The summed E-state index contributed by atoms with van der Waals surface area (Å²) in [4.78, 5) is 11.5. The van der Waals surface area contributed by atoms with Crippen LogP contribution in [-0.2, 0) is 4.74 Å². The van der Waals surface area contributed by atoms with Crippen molar-refractivity contribution in [3.8, 4) is 5.69 Å². The third kappa shape index (κ3) is 3.00. The van der Waals surface area contributed by atoms with E-state index in [2.05, 4.69) is 5.10 Å². The summed E-state index contributed by atoms with van der Waals surface area (Å²) in [5.41, 5.74) is 2.07. The van der Waals surface area contributed by atoms with Gasteiger partial charge in [-0.25, -0.2) is 9.48 Å². The van der Waals surface area contributed by atoms with E-state index in [1.54, 1.807) is 24.7 Å². The Kier molecular flexibility index (Phi) is 3.97. The van der Waals surface area contributed by atoms with Gasteiger partial charge in [0.2, 0.25) is 0 Å². The molecule has 0 aliphatic rings. The van der Waals surface area contributed by atoms with Crippen LogP contribution < -0.4 is 0 Å². The normalized spacial score (nSPS) is 12.2. The lowest BCUT2D eigenvalue weighted by atomic mass is 10.1. The molecule has 2 rings (SSSR count). The number of hydrogen-bond acceptors (Lipinski definition) is 4. The molecular formula is C14H16N2O3. The Bertz CT molecular complexity index is 558. The molecule has 5 heteroatoms. The second-order valence-electron chi connectivity index (χ2n) is 4.16. The summed E-state index contributed by atoms with van der Waals surface area (Å²) >= 11 is 0. The maximum absolute atomic E-state index is 11.5. The molecule has 0 unspecified atom stereocenters. The lowest BCUT2D eigenvalue weighted by molar-refractivity contribution is 0.0526. The molecule has 2 aromatic rings. The minimum absolute atomic E-state index is 0.340. The molecule has 5 nitrogen and oxygen atoms in total. The number of aliphatic hydroxyl groups excluding tert-OH is 1. The zero-order valence-electron chi connectivity index (χ0n) is 10.9. The standard InChI is InChI=1S/C14H16N2O3/c1-3-19-14(18)12-8-15-16(9-12)13-6-4-11(5-7-13)10(2)17/h4-10,17H,3H2,1-2H3/t10-/m0/s1. The Morgan fingerprint density at radius 2 is 2.11 bits per heavy atom. The van der Waals surface area contributed by atoms with E-state index in [0.717, 1.165) is 11.3 Å². The number of rotatable bonds is 4. The van der Waals surface area contributed by atoms with Crippen molar-refractivity contribution in [2.75, 3.05) is 6.61 Å². The first-order valence-electron chi connectivity index (χ1n) is 6.12. The molecule has 1 N–H and O–H groups in total. The number of nitrogens with zero attached hydrogens (tertiary/aromatic N) is 2. The van der Waals surface area contributed by atoms with E-state index >= 15 is 0 Å². The summed E-state index contributed by atoms with van der Waals surface area (Å²) in [5, 5.41) is 13.6. The van der Waals surface area contributed by atoms with Crippen molar-refractivity contribution in [1.82, 2.24) is 9.78 Å². The monoisotopic (exact) mass is 260 g/mol. The minimum Gasteiger partial charge on any atom is -0.462 e. The van der Waals surface area contributed by atoms with Gasteiger partial charge in [-0.3, -0.25) is 0 Å². The largest absolute Gasteiger partial charge is 0.462 e. The molecule has 0 aliphatic heterocycles. The van der Waals surface area contributed by atoms with E-state index < -0.39 is 6.10 Å². The molecule has 0 spiro atoms. The van der Waals surface area contributed by atoms with Crippen molar-refractivity contribution < 1.29 is 14.6 Å². The van der Waals surface area contributed by atoms with Crippen LogP contribution in [0.4, 0.5) is 0 Å². The molecule has 1 atom stereocenters. The summed E-state index contributed by atoms with van der Waals surface area (Å²) in [6.07, 6.45) is 2.59. The van der Waals surface area contributed by atoms with Crippen molar-refractivity contribution in [3.63, 3.8) is 0 Å². The molecule has 0 fully saturated rings. The van der Waals surface area contributed by atoms with Crippen molar-refractivity contribution in [3.05, 3.63) is 47.8 Å². The van der Waals surface area contributed by atoms with Crippen LogP contribution in [0.15, 0.2) is 36.7 Å².